The number of aromatic nitrogens is 1. The summed E-state index contributed by atoms with van der Waals surface area (Å²) >= 11 is 1.76. The van der Waals surface area contributed by atoms with E-state index in [1.54, 1.807) is 52.7 Å². The van der Waals surface area contributed by atoms with Gasteiger partial charge in [0.25, 0.3) is 5.91 Å². The molecule has 0 aliphatic carbocycles. The molecular weight excluding hydrogens is 450 g/mol. The van der Waals surface area contributed by atoms with E-state index in [9.17, 15) is 14.7 Å². The third kappa shape index (κ3) is 4.39. The number of para-hydroxylation sites is 1. The Hall–Kier alpha value is -3.71. The molecule has 1 N–H and O–H groups in total. The zero-order valence-corrected chi connectivity index (χ0v) is 19.4. The highest BCUT2D eigenvalue weighted by Gasteiger charge is 2.21. The Labute approximate surface area is 201 Å². The van der Waals surface area contributed by atoms with Crippen LogP contribution in [-0.2, 0) is 11.2 Å². The van der Waals surface area contributed by atoms with Crippen molar-refractivity contribution in [2.75, 3.05) is 12.4 Å². The summed E-state index contributed by atoms with van der Waals surface area (Å²) in [4.78, 5) is 25.6. The van der Waals surface area contributed by atoms with Gasteiger partial charge in [0.1, 0.15) is 24.2 Å². The number of hydrogen-bond acceptors (Lipinski definition) is 5. The Morgan fingerprint density at radius 1 is 1.09 bits per heavy atom. The van der Waals surface area contributed by atoms with Crippen LogP contribution in [0.2, 0.25) is 0 Å². The molecule has 0 fully saturated rings. The molecule has 0 bridgehead atoms. The van der Waals surface area contributed by atoms with Crippen molar-refractivity contribution in [3.63, 3.8) is 0 Å². The first-order valence-electron chi connectivity index (χ1n) is 11.0. The summed E-state index contributed by atoms with van der Waals surface area (Å²) in [6.45, 7) is 2.27. The second kappa shape index (κ2) is 9.27. The first-order valence-corrected chi connectivity index (χ1v) is 12.0. The Balaban J connectivity index is 1.29. The summed E-state index contributed by atoms with van der Waals surface area (Å²) in [5, 5.41) is 9.97. The summed E-state index contributed by atoms with van der Waals surface area (Å²) < 4.78 is 13.6. The maximum Gasteiger partial charge on any atom is 0.307 e. The topological polar surface area (TPSA) is 77.8 Å². The number of carbonyl (C=O) groups is 2. The molecule has 7 heteroatoms. The van der Waals surface area contributed by atoms with Crippen molar-refractivity contribution in [1.29, 1.82) is 0 Å². The molecule has 2 heterocycles. The molecule has 1 unspecified atom stereocenters. The molecule has 3 aromatic carbocycles. The number of carboxylic acids is 1. The van der Waals surface area contributed by atoms with E-state index in [0.29, 0.717) is 29.0 Å². The van der Waals surface area contributed by atoms with Crippen molar-refractivity contribution >= 4 is 34.5 Å². The normalized spacial score (nSPS) is 14.9. The predicted octanol–water partition coefficient (Wildman–Crippen LogP) is 5.20. The van der Waals surface area contributed by atoms with Crippen molar-refractivity contribution in [3.8, 4) is 11.5 Å². The standard InChI is InChI=1S/C27H23NO5S/c1-17-13-22-19(14-26(29)30)5-4-6-23(22)28(17)27(31)18-9-11-20(12-10-18)32-15-21-16-34-25-8-3-2-7-24(25)33-21/h2-13,21H,14-16H2,1H3,(H,29,30). The van der Waals surface area contributed by atoms with Crippen molar-refractivity contribution in [2.24, 2.45) is 0 Å². The Kier molecular flexibility index (Phi) is 6.02. The lowest BCUT2D eigenvalue weighted by molar-refractivity contribution is -0.136. The fourth-order valence-corrected chi connectivity index (χ4v) is 5.13. The Morgan fingerprint density at radius 3 is 2.68 bits per heavy atom. The monoisotopic (exact) mass is 473 g/mol. The van der Waals surface area contributed by atoms with Crippen LogP contribution < -0.4 is 9.47 Å². The molecule has 34 heavy (non-hydrogen) atoms. The molecule has 1 aliphatic heterocycles. The Morgan fingerprint density at radius 2 is 1.88 bits per heavy atom. The van der Waals surface area contributed by atoms with Crippen molar-refractivity contribution in [1.82, 2.24) is 4.57 Å². The average molecular weight is 474 g/mol. The van der Waals surface area contributed by atoms with Crippen molar-refractivity contribution in [2.45, 2.75) is 24.3 Å². The molecule has 0 amide bonds. The number of thioether (sulfide) groups is 1. The van der Waals surface area contributed by atoms with Gasteiger partial charge < -0.3 is 14.6 Å². The number of hydrogen-bond donors (Lipinski definition) is 1. The van der Waals surface area contributed by atoms with E-state index in [4.69, 9.17) is 9.47 Å². The van der Waals surface area contributed by atoms with E-state index in [0.717, 1.165) is 27.5 Å². The summed E-state index contributed by atoms with van der Waals surface area (Å²) in [6, 6.07) is 22.3. The molecule has 172 valence electrons. The van der Waals surface area contributed by atoms with Crippen LogP contribution in [0.3, 0.4) is 0 Å². The number of nitrogens with zero attached hydrogens (tertiary/aromatic N) is 1. The number of benzene rings is 3. The fourth-order valence-electron chi connectivity index (χ4n) is 4.17. The second-order valence-electron chi connectivity index (χ2n) is 8.18. The van der Waals surface area contributed by atoms with E-state index >= 15 is 0 Å². The van der Waals surface area contributed by atoms with Crippen LogP contribution in [0, 0.1) is 6.92 Å². The highest BCUT2D eigenvalue weighted by molar-refractivity contribution is 7.99. The van der Waals surface area contributed by atoms with E-state index in [1.807, 2.05) is 37.3 Å². The molecule has 0 radical (unpaired) electrons. The molecule has 6 nitrogen and oxygen atoms in total. The van der Waals surface area contributed by atoms with Crippen molar-refractivity contribution < 1.29 is 24.2 Å². The smallest absolute Gasteiger partial charge is 0.307 e. The molecule has 0 spiro atoms. The van der Waals surface area contributed by atoms with Gasteiger partial charge in [0.15, 0.2) is 0 Å². The van der Waals surface area contributed by atoms with Crippen LogP contribution >= 0.6 is 11.8 Å². The minimum atomic E-state index is -0.902. The van der Waals surface area contributed by atoms with Gasteiger partial charge in [0, 0.05) is 27.3 Å². The van der Waals surface area contributed by atoms with Crippen LogP contribution in [0.25, 0.3) is 10.9 Å². The van der Waals surface area contributed by atoms with Crippen LogP contribution in [0.4, 0.5) is 0 Å². The van der Waals surface area contributed by atoms with Gasteiger partial charge in [0.05, 0.1) is 11.9 Å². The summed E-state index contributed by atoms with van der Waals surface area (Å²) in [5.41, 5.74) is 2.67. The highest BCUT2D eigenvalue weighted by atomic mass is 32.2. The van der Waals surface area contributed by atoms with E-state index in [-0.39, 0.29) is 18.4 Å². The summed E-state index contributed by atoms with van der Waals surface area (Å²) in [5.74, 6) is 1.30. The molecule has 1 atom stereocenters. The lowest BCUT2D eigenvalue weighted by Gasteiger charge is -2.25. The van der Waals surface area contributed by atoms with E-state index < -0.39 is 5.97 Å². The van der Waals surface area contributed by atoms with E-state index in [1.165, 1.54) is 0 Å². The third-order valence-electron chi connectivity index (χ3n) is 5.77. The van der Waals surface area contributed by atoms with Gasteiger partial charge >= 0.3 is 5.97 Å². The summed E-state index contributed by atoms with van der Waals surface area (Å²) in [6.07, 6.45) is -0.134. The number of ether oxygens (including phenoxy) is 2. The number of aryl methyl sites for hydroxylation is 1. The molecule has 0 saturated carbocycles. The maximum atomic E-state index is 13.3. The number of carbonyl (C=O) groups excluding carboxylic acids is 1. The quantitative estimate of drug-likeness (QED) is 0.415. The molecule has 1 aromatic heterocycles. The van der Waals surface area contributed by atoms with Gasteiger partial charge in [-0.1, -0.05) is 24.3 Å². The van der Waals surface area contributed by atoms with Gasteiger partial charge in [-0.05, 0) is 61.0 Å². The first kappa shape index (κ1) is 22.1. The molecule has 5 rings (SSSR count). The number of carboxylic acid groups (broad SMARTS) is 1. The van der Waals surface area contributed by atoms with Crippen LogP contribution in [-0.4, -0.2) is 40.0 Å². The number of rotatable bonds is 6. The number of fused-ring (bicyclic) bond motifs is 2. The Bertz CT molecular complexity index is 1380. The van der Waals surface area contributed by atoms with Gasteiger partial charge in [-0.3, -0.25) is 14.2 Å². The molecule has 1 aliphatic rings. The zero-order valence-electron chi connectivity index (χ0n) is 18.6. The van der Waals surface area contributed by atoms with Gasteiger partial charge in [-0.15, -0.1) is 11.8 Å². The average Bonchev–Trinajstić information content (AvgIpc) is 3.19. The highest BCUT2D eigenvalue weighted by Crippen LogP contribution is 2.35. The first-order chi connectivity index (χ1) is 16.5. The van der Waals surface area contributed by atoms with Gasteiger partial charge in [-0.25, -0.2) is 0 Å². The third-order valence-corrected chi connectivity index (χ3v) is 6.96. The van der Waals surface area contributed by atoms with Crippen molar-refractivity contribution in [3.05, 3.63) is 89.6 Å². The second-order valence-corrected chi connectivity index (χ2v) is 9.24. The predicted molar refractivity (Wildman–Crippen MR) is 131 cm³/mol. The zero-order chi connectivity index (χ0) is 23.7. The molecular formula is C27H23NO5S. The fraction of sp³-hybridized carbons (Fsp3) is 0.185. The van der Waals surface area contributed by atoms with Gasteiger partial charge in [0.2, 0.25) is 0 Å². The minimum absolute atomic E-state index is 0.0462. The van der Waals surface area contributed by atoms with E-state index in [2.05, 4.69) is 6.07 Å². The lowest BCUT2D eigenvalue weighted by atomic mass is 10.1. The summed E-state index contributed by atoms with van der Waals surface area (Å²) in [7, 11) is 0. The van der Waals surface area contributed by atoms with Crippen LogP contribution in [0.15, 0.2) is 77.7 Å². The SMILES string of the molecule is Cc1cc2c(CC(=O)O)cccc2n1C(=O)c1ccc(OCC2CSc3ccccc3O2)cc1. The maximum absolute atomic E-state index is 13.3. The van der Waals surface area contributed by atoms with Crippen LogP contribution in [0.1, 0.15) is 21.6 Å². The molecule has 0 saturated heterocycles. The van der Waals surface area contributed by atoms with Gasteiger partial charge in [-0.2, -0.15) is 0 Å². The molecule has 4 aromatic rings. The van der Waals surface area contributed by atoms with Crippen LogP contribution in [0.5, 0.6) is 11.5 Å². The number of aliphatic carboxylic acids is 1. The largest absolute Gasteiger partial charge is 0.490 e. The minimum Gasteiger partial charge on any atom is -0.490 e. The lowest BCUT2D eigenvalue weighted by Crippen LogP contribution is -2.29.